The molecule has 3 heterocycles. The lowest BCUT2D eigenvalue weighted by atomic mass is 10.0. The second-order valence-electron chi connectivity index (χ2n) is 8.48. The Morgan fingerprint density at radius 3 is 2.58 bits per heavy atom. The number of aromatic nitrogens is 2. The van der Waals surface area contributed by atoms with Crippen molar-refractivity contribution in [3.63, 3.8) is 0 Å². The number of carbonyl (C=O) groups excluding carboxylic acids is 1. The van der Waals surface area contributed by atoms with Gasteiger partial charge in [-0.15, -0.1) is 0 Å². The van der Waals surface area contributed by atoms with Crippen LogP contribution in [0.5, 0.6) is 0 Å². The van der Waals surface area contributed by atoms with Crippen LogP contribution >= 0.6 is 0 Å². The maximum Gasteiger partial charge on any atom is 0.262 e. The van der Waals surface area contributed by atoms with Crippen LogP contribution in [-0.2, 0) is 0 Å². The number of nitrogens with zero attached hydrogens (tertiary/aromatic N) is 3. The zero-order chi connectivity index (χ0) is 23.6. The molecule has 1 fully saturated rings. The van der Waals surface area contributed by atoms with Crippen molar-refractivity contribution in [1.29, 1.82) is 5.41 Å². The number of amides is 1. The average molecular weight is 458 g/mol. The van der Waals surface area contributed by atoms with Crippen LogP contribution in [0.4, 0.5) is 18.9 Å². The van der Waals surface area contributed by atoms with Crippen molar-refractivity contribution < 1.29 is 18.0 Å². The third kappa shape index (κ3) is 5.18. The highest BCUT2D eigenvalue weighted by atomic mass is 19.3. The molecule has 2 aromatic heterocycles. The number of benzene rings is 1. The molecule has 1 saturated heterocycles. The predicted octanol–water partition coefficient (Wildman–Crippen LogP) is 4.97. The number of likely N-dealkylation sites (tertiary alicyclic amines) is 1. The van der Waals surface area contributed by atoms with Gasteiger partial charge in [-0.05, 0) is 43.2 Å². The van der Waals surface area contributed by atoms with Gasteiger partial charge in [0.1, 0.15) is 11.5 Å². The maximum atomic E-state index is 13.8. The lowest BCUT2D eigenvalue weighted by Crippen LogP contribution is -2.32. The van der Waals surface area contributed by atoms with Crippen molar-refractivity contribution in [2.45, 2.75) is 38.5 Å². The Balaban J connectivity index is 1.70. The molecule has 1 aromatic carbocycles. The molecule has 2 N–H and O–H groups in total. The van der Waals surface area contributed by atoms with E-state index in [1.807, 2.05) is 0 Å². The van der Waals surface area contributed by atoms with Gasteiger partial charge in [0.15, 0.2) is 0 Å². The lowest BCUT2D eigenvalue weighted by Gasteiger charge is -2.22. The second kappa shape index (κ2) is 9.25. The van der Waals surface area contributed by atoms with E-state index in [0.717, 1.165) is 32.6 Å². The standard InChI is InChI=1S/C24H26F3N5O/c1-24(26,27)15-30-19-12-16(23(33)31-10-4-2-3-5-11-31)6-8-18(19)22(28)20-13-29-21-9-7-17(25)14-32(20)21/h6-9,12-14,28,30H,2-5,10-11,15H2,1H3. The van der Waals surface area contributed by atoms with Crippen molar-refractivity contribution in [1.82, 2.24) is 14.3 Å². The molecule has 174 valence electrons. The molecule has 6 nitrogen and oxygen atoms in total. The fraction of sp³-hybridized carbons (Fsp3) is 0.375. The van der Waals surface area contributed by atoms with Crippen molar-refractivity contribution in [3.05, 3.63) is 65.4 Å². The second-order valence-corrected chi connectivity index (χ2v) is 8.48. The zero-order valence-electron chi connectivity index (χ0n) is 18.4. The highest BCUT2D eigenvalue weighted by molar-refractivity contribution is 6.14. The number of hydrogen-bond donors (Lipinski definition) is 2. The molecule has 0 radical (unpaired) electrons. The van der Waals surface area contributed by atoms with Crippen LogP contribution in [0.15, 0.2) is 42.7 Å². The number of fused-ring (bicyclic) bond motifs is 1. The summed E-state index contributed by atoms with van der Waals surface area (Å²) in [5, 5.41) is 11.4. The Kier molecular flexibility index (Phi) is 6.40. The van der Waals surface area contributed by atoms with E-state index in [2.05, 4.69) is 10.3 Å². The molecule has 1 amide bonds. The Morgan fingerprint density at radius 1 is 1.15 bits per heavy atom. The minimum absolute atomic E-state index is 0.0243. The van der Waals surface area contributed by atoms with E-state index in [4.69, 9.17) is 5.41 Å². The summed E-state index contributed by atoms with van der Waals surface area (Å²) >= 11 is 0. The number of anilines is 1. The molecule has 0 saturated carbocycles. The number of rotatable bonds is 6. The van der Waals surface area contributed by atoms with Crippen LogP contribution in [0.25, 0.3) is 5.65 Å². The van der Waals surface area contributed by atoms with Crippen molar-refractivity contribution in [3.8, 4) is 0 Å². The molecule has 3 aromatic rings. The molecule has 4 rings (SSSR count). The van der Waals surface area contributed by atoms with Gasteiger partial charge in [0, 0.05) is 43.0 Å². The summed E-state index contributed by atoms with van der Waals surface area (Å²) in [7, 11) is 0. The molecule has 1 aliphatic rings. The van der Waals surface area contributed by atoms with Gasteiger partial charge in [-0.25, -0.2) is 18.2 Å². The molecule has 0 spiro atoms. The summed E-state index contributed by atoms with van der Waals surface area (Å²) in [6.07, 6.45) is 6.69. The van der Waals surface area contributed by atoms with Gasteiger partial charge in [0.2, 0.25) is 0 Å². The van der Waals surface area contributed by atoms with Gasteiger partial charge in [-0.1, -0.05) is 12.8 Å². The van der Waals surface area contributed by atoms with E-state index in [1.54, 1.807) is 17.0 Å². The molecular weight excluding hydrogens is 431 g/mol. The Bertz CT molecular complexity index is 1180. The number of imidazole rings is 1. The fourth-order valence-corrected chi connectivity index (χ4v) is 4.03. The SMILES string of the molecule is CC(F)(F)CNc1cc(C(=O)N2CCCCCC2)ccc1C(=N)c1cnc2ccc(F)cn12. The van der Waals surface area contributed by atoms with Gasteiger partial charge < -0.3 is 10.2 Å². The zero-order valence-corrected chi connectivity index (χ0v) is 18.4. The van der Waals surface area contributed by atoms with Crippen LogP contribution in [0, 0.1) is 11.2 Å². The summed E-state index contributed by atoms with van der Waals surface area (Å²) in [6.45, 7) is 1.47. The largest absolute Gasteiger partial charge is 0.378 e. The monoisotopic (exact) mass is 457 g/mol. The minimum Gasteiger partial charge on any atom is -0.378 e. The first-order valence-corrected chi connectivity index (χ1v) is 11.0. The predicted molar refractivity (Wildman–Crippen MR) is 121 cm³/mol. The highest BCUT2D eigenvalue weighted by Gasteiger charge is 2.24. The number of pyridine rings is 1. The van der Waals surface area contributed by atoms with Gasteiger partial charge in [0.05, 0.1) is 24.1 Å². The quantitative estimate of drug-likeness (QED) is 0.513. The van der Waals surface area contributed by atoms with E-state index in [-0.39, 0.29) is 17.3 Å². The third-order valence-electron chi connectivity index (χ3n) is 5.74. The molecule has 1 aliphatic heterocycles. The lowest BCUT2D eigenvalue weighted by molar-refractivity contribution is 0.0367. The number of nitrogens with one attached hydrogen (secondary N) is 2. The van der Waals surface area contributed by atoms with Crippen LogP contribution in [0.3, 0.4) is 0 Å². The Hall–Kier alpha value is -3.36. The third-order valence-corrected chi connectivity index (χ3v) is 5.74. The van der Waals surface area contributed by atoms with Crippen LogP contribution in [-0.4, -0.2) is 51.5 Å². The van der Waals surface area contributed by atoms with E-state index < -0.39 is 18.3 Å². The molecule has 0 aliphatic carbocycles. The van der Waals surface area contributed by atoms with E-state index in [1.165, 1.54) is 35.0 Å². The smallest absolute Gasteiger partial charge is 0.262 e. The maximum absolute atomic E-state index is 13.8. The van der Waals surface area contributed by atoms with Gasteiger partial charge >= 0.3 is 0 Å². The van der Waals surface area contributed by atoms with Crippen molar-refractivity contribution in [2.75, 3.05) is 25.0 Å². The normalized spacial score (nSPS) is 14.8. The summed E-state index contributed by atoms with van der Waals surface area (Å²) in [5.41, 5.74) is 1.68. The number of hydrogen-bond acceptors (Lipinski definition) is 4. The van der Waals surface area contributed by atoms with E-state index in [9.17, 15) is 18.0 Å². The first kappa shape index (κ1) is 22.8. The summed E-state index contributed by atoms with van der Waals surface area (Å²) in [5.74, 6) is -3.63. The number of carbonyl (C=O) groups is 1. The summed E-state index contributed by atoms with van der Waals surface area (Å²) in [6, 6.07) is 7.46. The number of alkyl halides is 2. The van der Waals surface area contributed by atoms with E-state index >= 15 is 0 Å². The summed E-state index contributed by atoms with van der Waals surface area (Å²) in [4.78, 5) is 19.1. The van der Waals surface area contributed by atoms with Crippen molar-refractivity contribution >= 4 is 23.0 Å². The molecule has 0 bridgehead atoms. The van der Waals surface area contributed by atoms with Gasteiger partial charge in [-0.3, -0.25) is 14.6 Å². The molecular formula is C24H26F3N5O. The van der Waals surface area contributed by atoms with E-state index in [0.29, 0.717) is 35.6 Å². The van der Waals surface area contributed by atoms with Crippen LogP contribution < -0.4 is 5.32 Å². The van der Waals surface area contributed by atoms with Crippen molar-refractivity contribution in [2.24, 2.45) is 0 Å². The number of halogens is 3. The minimum atomic E-state index is -2.99. The topological polar surface area (TPSA) is 73.5 Å². The first-order chi connectivity index (χ1) is 15.7. The molecule has 0 atom stereocenters. The molecule has 33 heavy (non-hydrogen) atoms. The Labute approximate surface area is 189 Å². The van der Waals surface area contributed by atoms with Crippen LogP contribution in [0.2, 0.25) is 0 Å². The summed E-state index contributed by atoms with van der Waals surface area (Å²) < 4.78 is 42.4. The van der Waals surface area contributed by atoms with Gasteiger partial charge in [0.25, 0.3) is 11.8 Å². The Morgan fingerprint density at radius 2 is 1.88 bits per heavy atom. The first-order valence-electron chi connectivity index (χ1n) is 11.0. The fourth-order valence-electron chi connectivity index (χ4n) is 4.03. The van der Waals surface area contributed by atoms with Gasteiger partial charge in [-0.2, -0.15) is 0 Å². The molecule has 0 unspecified atom stereocenters. The average Bonchev–Trinajstić information content (AvgIpc) is 3.00. The van der Waals surface area contributed by atoms with Crippen LogP contribution in [0.1, 0.15) is 54.2 Å². The molecule has 9 heteroatoms. The highest BCUT2D eigenvalue weighted by Crippen LogP contribution is 2.25.